The van der Waals surface area contributed by atoms with Crippen LogP contribution in [0.15, 0.2) is 16.5 Å². The van der Waals surface area contributed by atoms with E-state index in [0.29, 0.717) is 16.7 Å². The summed E-state index contributed by atoms with van der Waals surface area (Å²) >= 11 is 0. The second-order valence-electron chi connectivity index (χ2n) is 4.14. The predicted molar refractivity (Wildman–Crippen MR) is 59.7 cm³/mol. The average molecular weight is 217 g/mol. The lowest BCUT2D eigenvalue weighted by Crippen LogP contribution is -1.91. The Balaban J connectivity index is 2.96. The molecule has 2 nitrogen and oxygen atoms in total. The van der Waals surface area contributed by atoms with Gasteiger partial charge in [0.2, 0.25) is 0 Å². The minimum absolute atomic E-state index is 0.195. The van der Waals surface area contributed by atoms with Gasteiger partial charge in [-0.15, -0.1) is 0 Å². The molecule has 0 unspecified atom stereocenters. The summed E-state index contributed by atoms with van der Waals surface area (Å²) in [6.45, 7) is 5.70. The van der Waals surface area contributed by atoms with Crippen molar-refractivity contribution in [3.8, 4) is 6.07 Å². The summed E-state index contributed by atoms with van der Waals surface area (Å²) in [7, 11) is 0. The third-order valence-corrected chi connectivity index (χ3v) is 2.73. The van der Waals surface area contributed by atoms with Gasteiger partial charge in [0.25, 0.3) is 0 Å². The van der Waals surface area contributed by atoms with Crippen LogP contribution in [0.3, 0.4) is 0 Å². The number of aryl methyl sites for hydroxylation is 1. The zero-order valence-electron chi connectivity index (χ0n) is 9.47. The molecule has 2 aromatic rings. The van der Waals surface area contributed by atoms with Gasteiger partial charge in [0.05, 0.1) is 0 Å². The van der Waals surface area contributed by atoms with Gasteiger partial charge >= 0.3 is 0 Å². The molecule has 0 fully saturated rings. The number of halogens is 1. The number of furan rings is 1. The number of fused-ring (bicyclic) bond motifs is 1. The molecule has 0 atom stereocenters. The molecule has 1 aromatic heterocycles. The Bertz CT molecular complexity index is 590. The van der Waals surface area contributed by atoms with Crippen LogP contribution in [0.25, 0.3) is 11.0 Å². The highest BCUT2D eigenvalue weighted by Crippen LogP contribution is 2.33. The molecule has 0 aliphatic heterocycles. The molecule has 0 bridgehead atoms. The fraction of sp³-hybridized carbons (Fsp3) is 0.308. The third kappa shape index (κ3) is 1.38. The smallest absolute Gasteiger partial charge is 0.171 e. The number of rotatable bonds is 1. The number of hydrogen-bond donors (Lipinski definition) is 0. The van der Waals surface area contributed by atoms with Crippen molar-refractivity contribution in [3.05, 3.63) is 34.8 Å². The van der Waals surface area contributed by atoms with Crippen LogP contribution >= 0.6 is 0 Å². The summed E-state index contributed by atoms with van der Waals surface area (Å²) in [6, 6.07) is 5.19. The lowest BCUT2D eigenvalue weighted by Gasteiger charge is -2.06. The fourth-order valence-electron chi connectivity index (χ4n) is 1.93. The molecule has 16 heavy (non-hydrogen) atoms. The molecule has 0 aliphatic rings. The van der Waals surface area contributed by atoms with Crippen molar-refractivity contribution in [1.82, 2.24) is 0 Å². The first kappa shape index (κ1) is 10.7. The highest BCUT2D eigenvalue weighted by atomic mass is 19.1. The van der Waals surface area contributed by atoms with Crippen molar-refractivity contribution < 1.29 is 8.81 Å². The standard InChI is InChI=1S/C13H12FNO/c1-7(2)9-4-5-11(14)13-12(9)10(6-15)8(3)16-13/h4-5,7H,1-3H3. The van der Waals surface area contributed by atoms with Crippen LogP contribution in [0.5, 0.6) is 0 Å². The van der Waals surface area contributed by atoms with Gasteiger partial charge in [0, 0.05) is 5.39 Å². The normalized spacial score (nSPS) is 11.0. The number of nitrogens with zero attached hydrogens (tertiary/aromatic N) is 1. The lowest BCUT2D eigenvalue weighted by atomic mass is 9.96. The Kier molecular flexibility index (Phi) is 2.43. The molecule has 0 N–H and O–H groups in total. The van der Waals surface area contributed by atoms with Crippen molar-refractivity contribution in [2.24, 2.45) is 0 Å². The molecule has 0 amide bonds. The van der Waals surface area contributed by atoms with Crippen LogP contribution in [-0.2, 0) is 0 Å². The van der Waals surface area contributed by atoms with Crippen molar-refractivity contribution in [1.29, 1.82) is 5.26 Å². The van der Waals surface area contributed by atoms with E-state index in [1.165, 1.54) is 6.07 Å². The molecule has 0 saturated carbocycles. The molecular weight excluding hydrogens is 205 g/mol. The molecule has 1 heterocycles. The molecule has 0 saturated heterocycles. The zero-order chi connectivity index (χ0) is 11.9. The minimum Gasteiger partial charge on any atom is -0.457 e. The van der Waals surface area contributed by atoms with Gasteiger partial charge < -0.3 is 4.42 Å². The molecule has 82 valence electrons. The van der Waals surface area contributed by atoms with E-state index in [2.05, 4.69) is 6.07 Å². The molecule has 0 spiro atoms. The SMILES string of the molecule is Cc1oc2c(F)ccc(C(C)C)c2c1C#N. The van der Waals surface area contributed by atoms with Crippen molar-refractivity contribution in [3.63, 3.8) is 0 Å². The maximum absolute atomic E-state index is 13.6. The number of nitriles is 1. The first-order valence-corrected chi connectivity index (χ1v) is 5.17. The largest absolute Gasteiger partial charge is 0.457 e. The molecule has 3 heteroatoms. The van der Waals surface area contributed by atoms with E-state index in [1.807, 2.05) is 13.8 Å². The lowest BCUT2D eigenvalue weighted by molar-refractivity contribution is 0.537. The topological polar surface area (TPSA) is 36.9 Å². The van der Waals surface area contributed by atoms with Gasteiger partial charge in [0.1, 0.15) is 17.4 Å². The minimum atomic E-state index is -0.413. The van der Waals surface area contributed by atoms with E-state index in [0.717, 1.165) is 5.56 Å². The van der Waals surface area contributed by atoms with Crippen LogP contribution in [0, 0.1) is 24.1 Å². The van der Waals surface area contributed by atoms with E-state index in [9.17, 15) is 4.39 Å². The van der Waals surface area contributed by atoms with Gasteiger partial charge in [-0.25, -0.2) is 4.39 Å². The quantitative estimate of drug-likeness (QED) is 0.726. The maximum atomic E-state index is 13.6. The van der Waals surface area contributed by atoms with E-state index in [-0.39, 0.29) is 11.5 Å². The predicted octanol–water partition coefficient (Wildman–Crippen LogP) is 3.88. The van der Waals surface area contributed by atoms with E-state index in [1.54, 1.807) is 13.0 Å². The molecular formula is C13H12FNO. The number of hydrogen-bond acceptors (Lipinski definition) is 2. The Morgan fingerprint density at radius 2 is 2.06 bits per heavy atom. The Morgan fingerprint density at radius 3 is 2.62 bits per heavy atom. The Morgan fingerprint density at radius 1 is 1.38 bits per heavy atom. The monoisotopic (exact) mass is 217 g/mol. The second-order valence-corrected chi connectivity index (χ2v) is 4.14. The molecule has 0 radical (unpaired) electrons. The van der Waals surface area contributed by atoms with Crippen molar-refractivity contribution in [2.75, 3.05) is 0 Å². The Labute approximate surface area is 93.3 Å². The molecule has 0 aliphatic carbocycles. The van der Waals surface area contributed by atoms with Gasteiger partial charge in [-0.2, -0.15) is 5.26 Å². The van der Waals surface area contributed by atoms with Crippen LogP contribution in [0.2, 0.25) is 0 Å². The maximum Gasteiger partial charge on any atom is 0.171 e. The summed E-state index contributed by atoms with van der Waals surface area (Å²) in [5, 5.41) is 9.69. The summed E-state index contributed by atoms with van der Waals surface area (Å²) in [5.74, 6) is 0.292. The van der Waals surface area contributed by atoms with Gasteiger partial charge in [0.15, 0.2) is 11.4 Å². The second kappa shape index (κ2) is 3.64. The summed E-state index contributed by atoms with van der Waals surface area (Å²) < 4.78 is 18.9. The van der Waals surface area contributed by atoms with E-state index in [4.69, 9.17) is 9.68 Å². The summed E-state index contributed by atoms with van der Waals surface area (Å²) in [6.07, 6.45) is 0. The van der Waals surface area contributed by atoms with E-state index >= 15 is 0 Å². The van der Waals surface area contributed by atoms with E-state index < -0.39 is 5.82 Å². The van der Waals surface area contributed by atoms with Crippen LogP contribution in [0.1, 0.15) is 36.7 Å². The molecule has 1 aromatic carbocycles. The van der Waals surface area contributed by atoms with Crippen LogP contribution in [0.4, 0.5) is 4.39 Å². The first-order chi connectivity index (χ1) is 7.56. The zero-order valence-corrected chi connectivity index (χ0v) is 9.47. The van der Waals surface area contributed by atoms with Crippen molar-refractivity contribution in [2.45, 2.75) is 26.7 Å². The van der Waals surface area contributed by atoms with Gasteiger partial charge in [-0.05, 0) is 24.5 Å². The number of benzene rings is 1. The highest BCUT2D eigenvalue weighted by Gasteiger charge is 2.18. The van der Waals surface area contributed by atoms with Crippen LogP contribution in [-0.4, -0.2) is 0 Å². The summed E-state index contributed by atoms with van der Waals surface area (Å²) in [5.41, 5.74) is 1.59. The average Bonchev–Trinajstić information content (AvgIpc) is 2.55. The first-order valence-electron chi connectivity index (χ1n) is 5.17. The van der Waals surface area contributed by atoms with Crippen molar-refractivity contribution >= 4 is 11.0 Å². The summed E-state index contributed by atoms with van der Waals surface area (Å²) in [4.78, 5) is 0. The molecule has 2 rings (SSSR count). The fourth-order valence-corrected chi connectivity index (χ4v) is 1.93. The Hall–Kier alpha value is -1.82. The third-order valence-electron chi connectivity index (χ3n) is 2.73. The van der Waals surface area contributed by atoms with Crippen LogP contribution < -0.4 is 0 Å². The van der Waals surface area contributed by atoms with Gasteiger partial charge in [-0.1, -0.05) is 19.9 Å². The highest BCUT2D eigenvalue weighted by molar-refractivity contribution is 5.89. The van der Waals surface area contributed by atoms with Gasteiger partial charge in [-0.3, -0.25) is 0 Å².